The summed E-state index contributed by atoms with van der Waals surface area (Å²) >= 11 is 5.94. The zero-order chi connectivity index (χ0) is 15.4. The fraction of sp³-hybridized carbons (Fsp3) is 0.538. The molecule has 0 bridgehead atoms. The molecule has 4 nitrogen and oxygen atoms in total. The van der Waals surface area contributed by atoms with Gasteiger partial charge in [0.25, 0.3) is 0 Å². The Bertz CT molecular complexity index is 666. The third kappa shape index (κ3) is 2.06. The van der Waals surface area contributed by atoms with Gasteiger partial charge in [-0.05, 0) is 12.3 Å². The molecule has 1 aromatic rings. The molecule has 2 atom stereocenters. The fourth-order valence-electron chi connectivity index (χ4n) is 3.16. The van der Waals surface area contributed by atoms with Crippen LogP contribution in [0.25, 0.3) is 6.20 Å². The van der Waals surface area contributed by atoms with E-state index in [1.54, 1.807) is 18.0 Å². The Balaban J connectivity index is 2.01. The van der Waals surface area contributed by atoms with Crippen molar-refractivity contribution in [3.05, 3.63) is 23.3 Å². The van der Waals surface area contributed by atoms with Crippen LogP contribution >= 0.6 is 11.6 Å². The van der Waals surface area contributed by atoms with Crippen molar-refractivity contribution in [2.45, 2.75) is 12.6 Å². The molecule has 2 unspecified atom stereocenters. The molecular formula is C13H14ClF3N4. The number of anilines is 1. The van der Waals surface area contributed by atoms with Gasteiger partial charge in [-0.25, -0.2) is 4.68 Å². The minimum atomic E-state index is -4.17. The van der Waals surface area contributed by atoms with Crippen LogP contribution in [0.1, 0.15) is 6.42 Å². The Hall–Kier alpha value is -1.50. The molecule has 3 rings (SSSR count). The van der Waals surface area contributed by atoms with Crippen molar-refractivity contribution in [3.8, 4) is 0 Å². The smallest absolute Gasteiger partial charge is 0.367 e. The molecule has 114 valence electrons. The van der Waals surface area contributed by atoms with Crippen LogP contribution in [-0.4, -0.2) is 36.1 Å². The number of rotatable bonds is 2. The lowest BCUT2D eigenvalue weighted by Gasteiger charge is -2.25. The zero-order valence-electron chi connectivity index (χ0n) is 11.4. The van der Waals surface area contributed by atoms with Gasteiger partial charge in [0, 0.05) is 32.4 Å². The summed E-state index contributed by atoms with van der Waals surface area (Å²) in [7, 11) is 1.56. The minimum Gasteiger partial charge on any atom is -0.367 e. The number of hydrogen-bond donors (Lipinski definition) is 0. The third-order valence-corrected chi connectivity index (χ3v) is 4.53. The summed E-state index contributed by atoms with van der Waals surface area (Å²) in [6.45, 7) is 3.91. The molecule has 0 radical (unpaired) electrons. The van der Waals surface area contributed by atoms with Crippen molar-refractivity contribution in [3.63, 3.8) is 0 Å². The van der Waals surface area contributed by atoms with E-state index >= 15 is 0 Å². The summed E-state index contributed by atoms with van der Waals surface area (Å²) < 4.78 is 40.9. The highest BCUT2D eigenvalue weighted by Crippen LogP contribution is 2.66. The predicted octanol–water partition coefficient (Wildman–Crippen LogP) is 2.56. The molecule has 0 aromatic carbocycles. The summed E-state index contributed by atoms with van der Waals surface area (Å²) in [5.41, 5.74) is -0.548. The Kier molecular flexibility index (Phi) is 3.09. The van der Waals surface area contributed by atoms with E-state index in [2.05, 4.69) is 16.7 Å². The second-order valence-corrected chi connectivity index (χ2v) is 5.85. The number of hydrogen-bond acceptors (Lipinski definition) is 3. The number of alkyl halides is 3. The SMILES string of the molecule is C=Cn1nc(Cl)cc(N2CC3CC3(C(F)(F)F)C2)c1=NC. The van der Waals surface area contributed by atoms with Crippen LogP contribution in [-0.2, 0) is 0 Å². The fourth-order valence-corrected chi connectivity index (χ4v) is 3.34. The van der Waals surface area contributed by atoms with Gasteiger partial charge in [0.1, 0.15) is 0 Å². The number of nitrogens with zero attached hydrogens (tertiary/aromatic N) is 4. The number of aromatic nitrogens is 2. The van der Waals surface area contributed by atoms with E-state index in [-0.39, 0.29) is 24.0 Å². The molecule has 1 aromatic heterocycles. The maximum atomic E-state index is 13.2. The van der Waals surface area contributed by atoms with Gasteiger partial charge in [0.05, 0.1) is 11.1 Å². The van der Waals surface area contributed by atoms with Crippen molar-refractivity contribution in [1.82, 2.24) is 9.78 Å². The molecule has 0 N–H and O–H groups in total. The molecule has 21 heavy (non-hydrogen) atoms. The van der Waals surface area contributed by atoms with Crippen molar-refractivity contribution in [1.29, 1.82) is 0 Å². The summed E-state index contributed by atoms with van der Waals surface area (Å²) in [5, 5.41) is 4.21. The first-order valence-corrected chi connectivity index (χ1v) is 6.86. The summed E-state index contributed by atoms with van der Waals surface area (Å²) in [6, 6.07) is 1.55. The topological polar surface area (TPSA) is 33.4 Å². The lowest BCUT2D eigenvalue weighted by Crippen LogP contribution is -2.37. The van der Waals surface area contributed by atoms with Crippen LogP contribution in [0.3, 0.4) is 0 Å². The first kappa shape index (κ1) is 14.4. The van der Waals surface area contributed by atoms with Crippen molar-refractivity contribution >= 4 is 23.5 Å². The molecule has 2 heterocycles. The largest absolute Gasteiger partial charge is 0.396 e. The van der Waals surface area contributed by atoms with E-state index in [9.17, 15) is 13.2 Å². The van der Waals surface area contributed by atoms with Crippen LogP contribution in [0.2, 0.25) is 5.15 Å². The van der Waals surface area contributed by atoms with Gasteiger partial charge in [-0.3, -0.25) is 4.99 Å². The predicted molar refractivity (Wildman–Crippen MR) is 73.9 cm³/mol. The lowest BCUT2D eigenvalue weighted by molar-refractivity contribution is -0.184. The second kappa shape index (κ2) is 4.50. The summed E-state index contributed by atoms with van der Waals surface area (Å²) in [4.78, 5) is 5.79. The van der Waals surface area contributed by atoms with Gasteiger partial charge in [-0.1, -0.05) is 18.2 Å². The highest BCUT2D eigenvalue weighted by molar-refractivity contribution is 6.29. The highest BCUT2D eigenvalue weighted by Gasteiger charge is 2.74. The van der Waals surface area contributed by atoms with Crippen LogP contribution in [0, 0.1) is 11.3 Å². The van der Waals surface area contributed by atoms with E-state index in [0.717, 1.165) is 0 Å². The van der Waals surface area contributed by atoms with Crippen molar-refractivity contribution in [2.75, 3.05) is 25.0 Å². The Labute approximate surface area is 124 Å². The maximum Gasteiger partial charge on any atom is 0.396 e. The molecule has 2 aliphatic rings. The molecule has 2 fully saturated rings. The van der Waals surface area contributed by atoms with Crippen LogP contribution in [0.15, 0.2) is 17.6 Å². The quantitative estimate of drug-likeness (QED) is 0.839. The average molecular weight is 319 g/mol. The summed E-state index contributed by atoms with van der Waals surface area (Å²) in [5.74, 6) is -0.341. The number of halogens is 4. The van der Waals surface area contributed by atoms with Gasteiger partial charge in [0.15, 0.2) is 10.6 Å². The average Bonchev–Trinajstić information content (AvgIpc) is 3.00. The number of piperidine rings is 1. The van der Waals surface area contributed by atoms with Gasteiger partial charge in [-0.15, -0.1) is 0 Å². The molecular weight excluding hydrogens is 305 g/mol. The molecule has 1 aliphatic carbocycles. The Morgan fingerprint density at radius 3 is 2.81 bits per heavy atom. The second-order valence-electron chi connectivity index (χ2n) is 5.46. The molecule has 1 saturated heterocycles. The Morgan fingerprint density at radius 1 is 1.57 bits per heavy atom. The standard InChI is InChI=1S/C13H14ClF3N4/c1-3-21-11(18-2)9(4-10(14)19-21)20-6-8-5-12(8,7-20)13(15,16)17/h3-4,8H,1,5-7H2,2H3. The third-order valence-electron chi connectivity index (χ3n) is 4.34. The van der Waals surface area contributed by atoms with Crippen LogP contribution < -0.4 is 10.4 Å². The maximum absolute atomic E-state index is 13.2. The van der Waals surface area contributed by atoms with E-state index in [1.807, 2.05) is 0 Å². The van der Waals surface area contributed by atoms with E-state index in [4.69, 9.17) is 11.6 Å². The molecule has 0 amide bonds. The zero-order valence-corrected chi connectivity index (χ0v) is 12.1. The summed E-state index contributed by atoms with van der Waals surface area (Å²) in [6.07, 6.45) is -2.53. The molecule has 8 heteroatoms. The van der Waals surface area contributed by atoms with Crippen LogP contribution in [0.4, 0.5) is 18.9 Å². The highest BCUT2D eigenvalue weighted by atomic mass is 35.5. The van der Waals surface area contributed by atoms with E-state index in [1.165, 1.54) is 10.9 Å². The van der Waals surface area contributed by atoms with Gasteiger partial charge >= 0.3 is 6.18 Å². The van der Waals surface area contributed by atoms with Gasteiger partial charge < -0.3 is 4.90 Å². The van der Waals surface area contributed by atoms with E-state index < -0.39 is 11.6 Å². The van der Waals surface area contributed by atoms with Gasteiger partial charge in [-0.2, -0.15) is 18.3 Å². The first-order valence-electron chi connectivity index (χ1n) is 6.49. The minimum absolute atomic E-state index is 0.0544. The number of fused-ring (bicyclic) bond motifs is 1. The molecule has 1 saturated carbocycles. The molecule has 0 spiro atoms. The molecule has 1 aliphatic heterocycles. The monoisotopic (exact) mass is 318 g/mol. The van der Waals surface area contributed by atoms with Crippen LogP contribution in [0.5, 0.6) is 0 Å². The Morgan fingerprint density at radius 2 is 2.29 bits per heavy atom. The van der Waals surface area contributed by atoms with Crippen molar-refractivity contribution < 1.29 is 13.2 Å². The van der Waals surface area contributed by atoms with Gasteiger partial charge in [0.2, 0.25) is 0 Å². The van der Waals surface area contributed by atoms with Crippen molar-refractivity contribution in [2.24, 2.45) is 16.3 Å². The first-order chi connectivity index (χ1) is 9.82. The lowest BCUT2D eigenvalue weighted by atomic mass is 10.1. The normalized spacial score (nSPS) is 28.7. The van der Waals surface area contributed by atoms with E-state index in [0.29, 0.717) is 17.7 Å².